The molecule has 1 aliphatic rings. The van der Waals surface area contributed by atoms with Crippen molar-refractivity contribution >= 4 is 0 Å². The van der Waals surface area contributed by atoms with Crippen molar-refractivity contribution < 1.29 is 5.11 Å². The summed E-state index contributed by atoms with van der Waals surface area (Å²) < 4.78 is 0. The fourth-order valence-electron chi connectivity index (χ4n) is 2.39. The number of hydrogen-bond donors (Lipinski definition) is 1. The molecule has 0 amide bonds. The fraction of sp³-hybridized carbons (Fsp3) is 0.500. The highest BCUT2D eigenvalue weighted by molar-refractivity contribution is 5.20. The van der Waals surface area contributed by atoms with Crippen molar-refractivity contribution in [2.24, 2.45) is 5.92 Å². The number of rotatable bonds is 2. The van der Waals surface area contributed by atoms with Gasteiger partial charge in [-0.15, -0.1) is 0 Å². The number of nitrogens with zero attached hydrogens (tertiary/aromatic N) is 1. The standard InChI is InChI=1S/C12H17NO/c1-13-8-7-11(9-14)12(13)10-5-3-2-4-6-10/h2-6,11-12,14H,7-9H2,1H3/t11-,12+/m1/s1. The molecule has 0 saturated carbocycles. The lowest BCUT2D eigenvalue weighted by molar-refractivity contribution is 0.182. The molecule has 0 unspecified atom stereocenters. The van der Waals surface area contributed by atoms with Gasteiger partial charge >= 0.3 is 0 Å². The average molecular weight is 191 g/mol. The molecule has 0 radical (unpaired) electrons. The van der Waals surface area contributed by atoms with Crippen LogP contribution in [-0.4, -0.2) is 30.2 Å². The molecule has 14 heavy (non-hydrogen) atoms. The van der Waals surface area contributed by atoms with Gasteiger partial charge in [-0.25, -0.2) is 0 Å². The topological polar surface area (TPSA) is 23.5 Å². The number of benzene rings is 1. The first-order valence-electron chi connectivity index (χ1n) is 5.19. The zero-order chi connectivity index (χ0) is 9.97. The third kappa shape index (κ3) is 1.68. The molecule has 0 bridgehead atoms. The van der Waals surface area contributed by atoms with Gasteiger partial charge in [-0.1, -0.05) is 30.3 Å². The highest BCUT2D eigenvalue weighted by Crippen LogP contribution is 2.35. The van der Waals surface area contributed by atoms with Crippen LogP contribution >= 0.6 is 0 Å². The monoisotopic (exact) mass is 191 g/mol. The van der Waals surface area contributed by atoms with Crippen LogP contribution in [0.1, 0.15) is 18.0 Å². The molecule has 1 heterocycles. The molecule has 2 nitrogen and oxygen atoms in total. The van der Waals surface area contributed by atoms with E-state index in [0.29, 0.717) is 18.6 Å². The maximum atomic E-state index is 9.29. The van der Waals surface area contributed by atoms with E-state index in [1.165, 1.54) is 5.56 Å². The zero-order valence-electron chi connectivity index (χ0n) is 8.56. The van der Waals surface area contributed by atoms with Gasteiger partial charge in [0.1, 0.15) is 0 Å². The summed E-state index contributed by atoms with van der Waals surface area (Å²) in [7, 11) is 2.13. The molecule has 1 fully saturated rings. The Kier molecular flexibility index (Phi) is 2.85. The van der Waals surface area contributed by atoms with E-state index in [2.05, 4.69) is 36.2 Å². The molecule has 0 spiro atoms. The summed E-state index contributed by atoms with van der Waals surface area (Å²) in [5, 5.41) is 9.29. The third-order valence-electron chi connectivity index (χ3n) is 3.15. The Labute approximate surface area is 85.2 Å². The van der Waals surface area contributed by atoms with Crippen molar-refractivity contribution in [3.63, 3.8) is 0 Å². The van der Waals surface area contributed by atoms with Gasteiger partial charge in [0.2, 0.25) is 0 Å². The Balaban J connectivity index is 2.23. The molecule has 2 atom stereocenters. The molecular formula is C12H17NO. The lowest BCUT2D eigenvalue weighted by atomic mass is 9.95. The van der Waals surface area contributed by atoms with Crippen molar-refractivity contribution in [1.82, 2.24) is 4.90 Å². The van der Waals surface area contributed by atoms with Gasteiger partial charge in [0.15, 0.2) is 0 Å². The van der Waals surface area contributed by atoms with Crippen LogP contribution < -0.4 is 0 Å². The minimum absolute atomic E-state index is 0.296. The lowest BCUT2D eigenvalue weighted by Crippen LogP contribution is -2.22. The van der Waals surface area contributed by atoms with Gasteiger partial charge in [-0.2, -0.15) is 0 Å². The first-order valence-corrected chi connectivity index (χ1v) is 5.19. The zero-order valence-corrected chi connectivity index (χ0v) is 8.56. The number of likely N-dealkylation sites (tertiary alicyclic amines) is 1. The molecular weight excluding hydrogens is 174 g/mol. The van der Waals surface area contributed by atoms with Crippen LogP contribution in [0.25, 0.3) is 0 Å². The van der Waals surface area contributed by atoms with Gasteiger partial charge in [0.05, 0.1) is 0 Å². The summed E-state index contributed by atoms with van der Waals surface area (Å²) in [6.07, 6.45) is 1.10. The number of hydrogen-bond acceptors (Lipinski definition) is 2. The Morgan fingerprint density at radius 3 is 2.71 bits per heavy atom. The Morgan fingerprint density at radius 1 is 1.36 bits per heavy atom. The Bertz CT molecular complexity index is 286. The van der Waals surface area contributed by atoms with Gasteiger partial charge in [-0.05, 0) is 25.6 Å². The highest BCUT2D eigenvalue weighted by atomic mass is 16.3. The number of aliphatic hydroxyl groups is 1. The van der Waals surface area contributed by atoms with Crippen molar-refractivity contribution in [2.75, 3.05) is 20.2 Å². The van der Waals surface area contributed by atoms with E-state index in [1.807, 2.05) is 6.07 Å². The van der Waals surface area contributed by atoms with Gasteiger partial charge in [-0.3, -0.25) is 4.90 Å². The van der Waals surface area contributed by atoms with E-state index >= 15 is 0 Å². The summed E-state index contributed by atoms with van der Waals surface area (Å²) >= 11 is 0. The van der Waals surface area contributed by atoms with Crippen LogP contribution in [-0.2, 0) is 0 Å². The second-order valence-electron chi connectivity index (χ2n) is 4.07. The van der Waals surface area contributed by atoms with E-state index in [4.69, 9.17) is 0 Å². The largest absolute Gasteiger partial charge is 0.396 e. The predicted octanol–water partition coefficient (Wildman–Crippen LogP) is 1.67. The van der Waals surface area contributed by atoms with Gasteiger partial charge in [0.25, 0.3) is 0 Å². The van der Waals surface area contributed by atoms with Crippen LogP contribution in [0, 0.1) is 5.92 Å². The maximum absolute atomic E-state index is 9.29. The SMILES string of the molecule is CN1CC[C@H](CO)[C@@H]1c1ccccc1. The molecule has 76 valence electrons. The summed E-state index contributed by atoms with van der Waals surface area (Å²) in [6, 6.07) is 10.9. The van der Waals surface area contributed by atoms with Crippen LogP contribution in [0.15, 0.2) is 30.3 Å². The summed E-state index contributed by atoms with van der Waals surface area (Å²) in [4.78, 5) is 2.33. The van der Waals surface area contributed by atoms with Crippen molar-refractivity contribution in [2.45, 2.75) is 12.5 Å². The maximum Gasteiger partial charge on any atom is 0.0478 e. The third-order valence-corrected chi connectivity index (χ3v) is 3.15. The van der Waals surface area contributed by atoms with Gasteiger partial charge < -0.3 is 5.11 Å². The molecule has 1 saturated heterocycles. The molecule has 1 aromatic carbocycles. The van der Waals surface area contributed by atoms with E-state index in [-0.39, 0.29) is 0 Å². The van der Waals surface area contributed by atoms with Crippen LogP contribution in [0.4, 0.5) is 0 Å². The van der Waals surface area contributed by atoms with E-state index in [9.17, 15) is 5.11 Å². The van der Waals surface area contributed by atoms with Crippen LogP contribution in [0.2, 0.25) is 0 Å². The molecule has 0 aliphatic carbocycles. The van der Waals surface area contributed by atoms with Crippen molar-refractivity contribution in [3.05, 3.63) is 35.9 Å². The normalized spacial score (nSPS) is 28.1. The first kappa shape index (κ1) is 9.69. The van der Waals surface area contributed by atoms with E-state index in [1.54, 1.807) is 0 Å². The van der Waals surface area contributed by atoms with E-state index < -0.39 is 0 Å². The number of aliphatic hydroxyl groups excluding tert-OH is 1. The van der Waals surface area contributed by atoms with Crippen LogP contribution in [0.5, 0.6) is 0 Å². The van der Waals surface area contributed by atoms with Gasteiger partial charge in [0, 0.05) is 18.6 Å². The molecule has 2 heteroatoms. The summed E-state index contributed by atoms with van der Waals surface area (Å²) in [5.74, 6) is 0.405. The summed E-state index contributed by atoms with van der Waals surface area (Å²) in [6.45, 7) is 1.38. The molecule has 1 N–H and O–H groups in total. The molecule has 1 aromatic rings. The lowest BCUT2D eigenvalue weighted by Gasteiger charge is -2.24. The molecule has 2 rings (SSSR count). The minimum atomic E-state index is 0.296. The van der Waals surface area contributed by atoms with Crippen molar-refractivity contribution in [1.29, 1.82) is 0 Å². The predicted molar refractivity (Wildman–Crippen MR) is 57.0 cm³/mol. The second-order valence-corrected chi connectivity index (χ2v) is 4.07. The average Bonchev–Trinajstić information content (AvgIpc) is 2.61. The molecule has 1 aliphatic heterocycles. The minimum Gasteiger partial charge on any atom is -0.396 e. The Hall–Kier alpha value is -0.860. The summed E-state index contributed by atoms with van der Waals surface area (Å²) in [5.41, 5.74) is 1.33. The smallest absolute Gasteiger partial charge is 0.0478 e. The highest BCUT2D eigenvalue weighted by Gasteiger charge is 2.31. The first-order chi connectivity index (χ1) is 6.83. The van der Waals surface area contributed by atoms with Crippen molar-refractivity contribution in [3.8, 4) is 0 Å². The van der Waals surface area contributed by atoms with Crippen LogP contribution in [0.3, 0.4) is 0 Å². The molecule has 0 aromatic heterocycles. The second kappa shape index (κ2) is 4.11. The quantitative estimate of drug-likeness (QED) is 0.768. The van der Waals surface area contributed by atoms with E-state index in [0.717, 1.165) is 13.0 Å². The Morgan fingerprint density at radius 2 is 2.07 bits per heavy atom. The fourth-order valence-corrected chi connectivity index (χ4v) is 2.39.